The molecule has 0 aliphatic carbocycles. The minimum atomic E-state index is 0.867. The molecule has 7 nitrogen and oxygen atoms in total. The van der Waals surface area contributed by atoms with Crippen LogP contribution in [0.3, 0.4) is 0 Å². The van der Waals surface area contributed by atoms with Crippen molar-refractivity contribution in [2.24, 2.45) is 0 Å². The molecule has 1 aromatic carbocycles. The first-order chi connectivity index (χ1) is 13.9. The molecule has 4 heterocycles. The summed E-state index contributed by atoms with van der Waals surface area (Å²) in [7, 11) is 0. The van der Waals surface area contributed by atoms with E-state index in [9.17, 15) is 0 Å². The van der Waals surface area contributed by atoms with Gasteiger partial charge in [0.1, 0.15) is 12.1 Å². The van der Waals surface area contributed by atoms with E-state index >= 15 is 0 Å². The predicted octanol–water partition coefficient (Wildman–Crippen LogP) is 2.34. The normalized spacial score (nSPS) is 18.1. The molecule has 3 aromatic rings. The Morgan fingerprint density at radius 1 is 0.857 bits per heavy atom. The number of hydrogen-bond donors (Lipinski definition) is 0. The van der Waals surface area contributed by atoms with Gasteiger partial charge in [0.15, 0.2) is 0 Å². The van der Waals surface area contributed by atoms with Crippen molar-refractivity contribution in [3.05, 3.63) is 48.5 Å². The molecule has 5 rings (SSSR count). The molecule has 0 radical (unpaired) electrons. The first-order valence-corrected chi connectivity index (χ1v) is 10.1. The summed E-state index contributed by atoms with van der Waals surface area (Å²) in [4.78, 5) is 16.4. The van der Waals surface area contributed by atoms with Gasteiger partial charge < -0.3 is 9.80 Å². The second-order valence-electron chi connectivity index (χ2n) is 7.57. The molecule has 2 fully saturated rings. The van der Waals surface area contributed by atoms with Gasteiger partial charge in [0, 0.05) is 63.1 Å². The molecule has 0 atom stereocenters. The quantitative estimate of drug-likeness (QED) is 0.694. The van der Waals surface area contributed by atoms with Crippen LogP contribution in [0.4, 0.5) is 11.5 Å². The summed E-state index contributed by atoms with van der Waals surface area (Å²) in [5, 5.41) is 9.36. The van der Waals surface area contributed by atoms with Crippen LogP contribution >= 0.6 is 0 Å². The molecule has 0 spiro atoms. The van der Waals surface area contributed by atoms with Crippen LogP contribution in [-0.2, 0) is 6.54 Å². The lowest BCUT2D eigenvalue weighted by atomic mass is 10.1. The predicted molar refractivity (Wildman–Crippen MR) is 111 cm³/mol. The topological polar surface area (TPSA) is 61.3 Å². The van der Waals surface area contributed by atoms with Crippen molar-refractivity contribution in [2.75, 3.05) is 49.1 Å². The Bertz CT molecular complexity index is 932. The van der Waals surface area contributed by atoms with Crippen LogP contribution in [0.5, 0.6) is 0 Å². The van der Waals surface area contributed by atoms with Gasteiger partial charge in [0.25, 0.3) is 0 Å². The lowest BCUT2D eigenvalue weighted by molar-refractivity contribution is 0.246. The fourth-order valence-corrected chi connectivity index (χ4v) is 4.22. The number of benzene rings is 1. The molecule has 0 saturated carbocycles. The highest BCUT2D eigenvalue weighted by molar-refractivity contribution is 5.92. The molecule has 0 N–H and O–H groups in total. The van der Waals surface area contributed by atoms with Gasteiger partial charge in [-0.1, -0.05) is 0 Å². The fourth-order valence-electron chi connectivity index (χ4n) is 4.22. The number of anilines is 2. The molecule has 2 aliphatic rings. The van der Waals surface area contributed by atoms with Gasteiger partial charge in [-0.25, -0.2) is 9.97 Å². The molecular formula is C21H25N7. The van der Waals surface area contributed by atoms with Gasteiger partial charge in [0.05, 0.1) is 11.2 Å². The van der Waals surface area contributed by atoms with E-state index in [0.29, 0.717) is 0 Å². The van der Waals surface area contributed by atoms with E-state index in [0.717, 1.165) is 62.8 Å². The van der Waals surface area contributed by atoms with Crippen LogP contribution in [0.2, 0.25) is 0 Å². The van der Waals surface area contributed by atoms with E-state index < -0.39 is 0 Å². The zero-order valence-electron chi connectivity index (χ0n) is 16.0. The number of hydrogen-bond acceptors (Lipinski definition) is 7. The van der Waals surface area contributed by atoms with Crippen molar-refractivity contribution in [1.82, 2.24) is 25.1 Å². The van der Waals surface area contributed by atoms with Crippen LogP contribution < -0.4 is 9.80 Å². The monoisotopic (exact) mass is 375 g/mol. The Labute approximate surface area is 165 Å². The summed E-state index contributed by atoms with van der Waals surface area (Å²) >= 11 is 0. The molecule has 2 aliphatic heterocycles. The van der Waals surface area contributed by atoms with Gasteiger partial charge in [-0.3, -0.25) is 4.90 Å². The number of fused-ring (bicyclic) bond motifs is 1. The smallest absolute Gasteiger partial charge is 0.139 e. The highest BCUT2D eigenvalue weighted by Gasteiger charge is 2.20. The van der Waals surface area contributed by atoms with Crippen LogP contribution in [0.15, 0.2) is 42.9 Å². The third kappa shape index (κ3) is 3.49. The van der Waals surface area contributed by atoms with E-state index in [1.54, 1.807) is 12.5 Å². The van der Waals surface area contributed by atoms with Crippen LogP contribution in [0.25, 0.3) is 10.9 Å². The highest BCUT2D eigenvalue weighted by Crippen LogP contribution is 2.30. The van der Waals surface area contributed by atoms with Crippen LogP contribution in [0, 0.1) is 0 Å². The first-order valence-electron chi connectivity index (χ1n) is 10.1. The first kappa shape index (κ1) is 17.3. The minimum absolute atomic E-state index is 0.867. The largest absolute Gasteiger partial charge is 0.369 e. The van der Waals surface area contributed by atoms with Gasteiger partial charge >= 0.3 is 0 Å². The van der Waals surface area contributed by atoms with Crippen LogP contribution in [-0.4, -0.2) is 64.3 Å². The van der Waals surface area contributed by atoms with Gasteiger partial charge in [-0.2, -0.15) is 10.2 Å². The molecule has 28 heavy (non-hydrogen) atoms. The van der Waals surface area contributed by atoms with Crippen molar-refractivity contribution in [1.29, 1.82) is 0 Å². The van der Waals surface area contributed by atoms with E-state index in [-0.39, 0.29) is 0 Å². The molecule has 0 bridgehead atoms. The average Bonchev–Trinajstić information content (AvgIpc) is 3.29. The summed E-state index contributed by atoms with van der Waals surface area (Å²) in [6.07, 6.45) is 5.92. The van der Waals surface area contributed by atoms with Crippen molar-refractivity contribution < 1.29 is 0 Å². The van der Waals surface area contributed by atoms with Crippen molar-refractivity contribution >= 4 is 22.4 Å². The van der Waals surface area contributed by atoms with Crippen molar-refractivity contribution in [3.63, 3.8) is 0 Å². The van der Waals surface area contributed by atoms with Crippen LogP contribution in [0.1, 0.15) is 18.5 Å². The number of rotatable bonds is 4. The third-order valence-corrected chi connectivity index (χ3v) is 5.75. The molecule has 0 unspecified atom stereocenters. The lowest BCUT2D eigenvalue weighted by Gasteiger charge is -2.36. The van der Waals surface area contributed by atoms with Gasteiger partial charge in [0.2, 0.25) is 0 Å². The lowest BCUT2D eigenvalue weighted by Crippen LogP contribution is -2.46. The Morgan fingerprint density at radius 2 is 1.71 bits per heavy atom. The number of piperazine rings is 1. The number of aromatic nitrogens is 4. The summed E-state index contributed by atoms with van der Waals surface area (Å²) in [6, 6.07) is 10.6. The van der Waals surface area contributed by atoms with E-state index in [1.165, 1.54) is 23.9 Å². The number of nitrogens with zero attached hydrogens (tertiary/aromatic N) is 7. The average molecular weight is 375 g/mol. The Morgan fingerprint density at radius 3 is 2.50 bits per heavy atom. The zero-order valence-corrected chi connectivity index (χ0v) is 16.0. The van der Waals surface area contributed by atoms with E-state index in [1.807, 2.05) is 12.1 Å². The molecule has 0 amide bonds. The molecule has 7 heteroatoms. The third-order valence-electron chi connectivity index (χ3n) is 5.75. The van der Waals surface area contributed by atoms with Gasteiger partial charge in [-0.05, 0) is 43.2 Å². The summed E-state index contributed by atoms with van der Waals surface area (Å²) in [5.41, 5.74) is 3.33. The summed E-state index contributed by atoms with van der Waals surface area (Å²) in [6.45, 7) is 7.13. The summed E-state index contributed by atoms with van der Waals surface area (Å²) < 4.78 is 0. The summed E-state index contributed by atoms with van der Waals surface area (Å²) in [5.74, 6) is 1.09. The maximum Gasteiger partial charge on any atom is 0.139 e. The Balaban J connectivity index is 1.32. The SMILES string of the molecule is c1cnnc(CN2CCN(c3ccc4ncnc(N5CCCC5)c4c3)CC2)c1. The standard InChI is InChI=1S/C21H25N7/c1-2-9-28(8-1)21-19-14-18(5-6-20(19)22-16-23-21)27-12-10-26(11-13-27)15-17-4-3-7-24-25-17/h3-7,14,16H,1-2,8-13,15H2. The van der Waals surface area contributed by atoms with E-state index in [2.05, 4.69) is 53.1 Å². The minimum Gasteiger partial charge on any atom is -0.369 e. The highest BCUT2D eigenvalue weighted by atomic mass is 15.3. The van der Waals surface area contributed by atoms with Crippen molar-refractivity contribution in [2.45, 2.75) is 19.4 Å². The Kier molecular flexibility index (Phi) is 4.74. The fraction of sp³-hybridized carbons (Fsp3) is 0.429. The maximum absolute atomic E-state index is 4.61. The second-order valence-corrected chi connectivity index (χ2v) is 7.57. The van der Waals surface area contributed by atoms with E-state index in [4.69, 9.17) is 0 Å². The van der Waals surface area contributed by atoms with Gasteiger partial charge in [-0.15, -0.1) is 0 Å². The van der Waals surface area contributed by atoms with Crippen molar-refractivity contribution in [3.8, 4) is 0 Å². The molecular weight excluding hydrogens is 350 g/mol. The Hall–Kier alpha value is -2.80. The molecule has 2 aromatic heterocycles. The maximum atomic E-state index is 4.61. The molecule has 144 valence electrons. The second kappa shape index (κ2) is 7.67. The molecule has 2 saturated heterocycles. The zero-order chi connectivity index (χ0) is 18.8.